The maximum atomic E-state index is 11.4. The summed E-state index contributed by atoms with van der Waals surface area (Å²) >= 11 is 0. The van der Waals surface area contributed by atoms with Crippen LogP contribution < -0.4 is 0 Å². The molecule has 5 atom stereocenters. The third-order valence-electron chi connectivity index (χ3n) is 2.85. The first-order valence-electron chi connectivity index (χ1n) is 6.96. The van der Waals surface area contributed by atoms with Gasteiger partial charge in [-0.1, -0.05) is 5.92 Å². The van der Waals surface area contributed by atoms with Crippen LogP contribution in [0.3, 0.4) is 0 Å². The molecule has 0 spiro atoms. The first kappa shape index (κ1) is 19.4. The number of hydrogen-bond donors (Lipinski definition) is 0. The molecule has 0 aromatic carbocycles. The molecule has 1 unspecified atom stereocenters. The Kier molecular flexibility index (Phi) is 6.73. The van der Waals surface area contributed by atoms with Crippen LogP contribution in [0.25, 0.3) is 0 Å². The van der Waals surface area contributed by atoms with E-state index in [1.165, 1.54) is 0 Å². The first-order chi connectivity index (χ1) is 11.1. The van der Waals surface area contributed by atoms with E-state index in [9.17, 15) is 19.2 Å². The predicted octanol–water partition coefficient (Wildman–Crippen LogP) is -0.297. The average molecular weight is 342 g/mol. The number of carbonyl (C=O) groups excluding carboxylic acids is 4. The average Bonchev–Trinajstić information content (AvgIpc) is 2.42. The first-order valence-corrected chi connectivity index (χ1v) is 6.96. The van der Waals surface area contributed by atoms with Gasteiger partial charge in [0.2, 0.25) is 12.4 Å². The standard InChI is InChI=1S/C15H18O9/c1-6-11-12(20-7(2)16)13(21-8(3)17)14(22-9(4)18)15(24-11)23-10(5)19/h1,11-15H,2-5H3/t11-,12+,13+,14-,15?/m1/s1. The normalized spacial score (nSPS) is 28.9. The van der Waals surface area contributed by atoms with Crippen molar-refractivity contribution in [1.29, 1.82) is 0 Å². The zero-order chi connectivity index (χ0) is 18.4. The van der Waals surface area contributed by atoms with Crippen molar-refractivity contribution in [2.75, 3.05) is 0 Å². The summed E-state index contributed by atoms with van der Waals surface area (Å²) in [5.74, 6) is -0.726. The Labute approximate surface area is 138 Å². The summed E-state index contributed by atoms with van der Waals surface area (Å²) in [4.78, 5) is 45.3. The quantitative estimate of drug-likeness (QED) is 0.386. The van der Waals surface area contributed by atoms with Crippen LogP contribution in [-0.4, -0.2) is 54.6 Å². The number of carbonyl (C=O) groups is 4. The summed E-state index contributed by atoms with van der Waals surface area (Å²) in [5, 5.41) is 0. The minimum atomic E-state index is -1.43. The van der Waals surface area contributed by atoms with Gasteiger partial charge in [0.25, 0.3) is 0 Å². The van der Waals surface area contributed by atoms with Crippen LogP contribution in [0.2, 0.25) is 0 Å². The summed E-state index contributed by atoms with van der Waals surface area (Å²) in [7, 11) is 0. The highest BCUT2D eigenvalue weighted by Crippen LogP contribution is 2.29. The molecular weight excluding hydrogens is 324 g/mol. The molecule has 0 saturated carbocycles. The van der Waals surface area contributed by atoms with Crippen molar-refractivity contribution >= 4 is 23.9 Å². The highest BCUT2D eigenvalue weighted by molar-refractivity contribution is 5.69. The van der Waals surface area contributed by atoms with Crippen molar-refractivity contribution in [2.45, 2.75) is 58.4 Å². The lowest BCUT2D eigenvalue weighted by molar-refractivity contribution is -0.286. The van der Waals surface area contributed by atoms with Gasteiger partial charge < -0.3 is 23.7 Å². The van der Waals surface area contributed by atoms with Crippen molar-refractivity contribution in [1.82, 2.24) is 0 Å². The van der Waals surface area contributed by atoms with Gasteiger partial charge in [0.05, 0.1) is 0 Å². The van der Waals surface area contributed by atoms with Crippen LogP contribution in [0.5, 0.6) is 0 Å². The molecule has 9 heteroatoms. The Balaban J connectivity index is 3.26. The van der Waals surface area contributed by atoms with E-state index in [4.69, 9.17) is 30.1 Å². The Morgan fingerprint density at radius 1 is 0.750 bits per heavy atom. The zero-order valence-electron chi connectivity index (χ0n) is 13.6. The van der Waals surface area contributed by atoms with E-state index in [1.807, 2.05) is 0 Å². The van der Waals surface area contributed by atoms with Crippen LogP contribution in [0.4, 0.5) is 0 Å². The van der Waals surface area contributed by atoms with E-state index in [0.29, 0.717) is 0 Å². The van der Waals surface area contributed by atoms with Gasteiger partial charge in [-0.25, -0.2) is 0 Å². The van der Waals surface area contributed by atoms with Crippen molar-refractivity contribution in [3.05, 3.63) is 0 Å². The van der Waals surface area contributed by atoms with Crippen LogP contribution in [0.1, 0.15) is 27.7 Å². The van der Waals surface area contributed by atoms with Gasteiger partial charge in [0.1, 0.15) is 0 Å². The molecule has 0 aliphatic carbocycles. The molecule has 1 aliphatic rings. The molecule has 1 saturated heterocycles. The molecule has 0 bridgehead atoms. The Morgan fingerprint density at radius 3 is 1.58 bits per heavy atom. The third kappa shape index (κ3) is 5.24. The molecule has 9 nitrogen and oxygen atoms in total. The zero-order valence-corrected chi connectivity index (χ0v) is 13.6. The summed E-state index contributed by atoms with van der Waals surface area (Å²) < 4.78 is 25.5. The van der Waals surface area contributed by atoms with Crippen molar-refractivity contribution in [3.8, 4) is 12.3 Å². The molecule has 0 N–H and O–H groups in total. The molecule has 24 heavy (non-hydrogen) atoms. The fraction of sp³-hybridized carbons (Fsp3) is 0.600. The minimum Gasteiger partial charge on any atom is -0.455 e. The number of esters is 4. The van der Waals surface area contributed by atoms with Gasteiger partial charge in [0, 0.05) is 27.7 Å². The summed E-state index contributed by atoms with van der Waals surface area (Å²) in [6.45, 7) is 4.44. The second kappa shape index (κ2) is 8.31. The van der Waals surface area contributed by atoms with Gasteiger partial charge in [0.15, 0.2) is 18.3 Å². The van der Waals surface area contributed by atoms with Gasteiger partial charge >= 0.3 is 23.9 Å². The third-order valence-corrected chi connectivity index (χ3v) is 2.85. The van der Waals surface area contributed by atoms with Crippen LogP contribution in [0, 0.1) is 12.3 Å². The van der Waals surface area contributed by atoms with Gasteiger partial charge in [-0.2, -0.15) is 0 Å². The lowest BCUT2D eigenvalue weighted by atomic mass is 9.98. The fourth-order valence-corrected chi connectivity index (χ4v) is 2.17. The molecule has 1 fully saturated rings. The van der Waals surface area contributed by atoms with Crippen molar-refractivity contribution in [3.63, 3.8) is 0 Å². The van der Waals surface area contributed by atoms with Crippen molar-refractivity contribution < 1.29 is 42.9 Å². The number of terminal acetylenes is 1. The molecule has 0 aromatic rings. The predicted molar refractivity (Wildman–Crippen MR) is 75.9 cm³/mol. The van der Waals surface area contributed by atoms with Crippen LogP contribution in [0.15, 0.2) is 0 Å². The Hall–Kier alpha value is -2.60. The van der Waals surface area contributed by atoms with Gasteiger partial charge in [-0.3, -0.25) is 19.2 Å². The lowest BCUT2D eigenvalue weighted by Crippen LogP contribution is -2.61. The van der Waals surface area contributed by atoms with E-state index in [-0.39, 0.29) is 0 Å². The number of ether oxygens (including phenoxy) is 5. The minimum absolute atomic E-state index is 0.714. The maximum absolute atomic E-state index is 11.4. The molecule has 0 radical (unpaired) electrons. The Morgan fingerprint density at radius 2 is 1.17 bits per heavy atom. The van der Waals surface area contributed by atoms with E-state index in [0.717, 1.165) is 27.7 Å². The smallest absolute Gasteiger partial charge is 0.305 e. The highest BCUT2D eigenvalue weighted by Gasteiger charge is 2.52. The molecular formula is C15H18O9. The van der Waals surface area contributed by atoms with E-state index >= 15 is 0 Å². The van der Waals surface area contributed by atoms with Gasteiger partial charge in [-0.15, -0.1) is 6.42 Å². The van der Waals surface area contributed by atoms with Crippen molar-refractivity contribution in [2.24, 2.45) is 0 Å². The van der Waals surface area contributed by atoms with E-state index in [2.05, 4.69) is 5.92 Å². The van der Waals surface area contributed by atoms with Gasteiger partial charge in [-0.05, 0) is 0 Å². The highest BCUT2D eigenvalue weighted by atomic mass is 16.7. The number of hydrogen-bond acceptors (Lipinski definition) is 9. The van der Waals surface area contributed by atoms with E-state index in [1.54, 1.807) is 0 Å². The maximum Gasteiger partial charge on any atom is 0.305 e. The lowest BCUT2D eigenvalue weighted by Gasteiger charge is -2.42. The monoisotopic (exact) mass is 342 g/mol. The second-order valence-corrected chi connectivity index (χ2v) is 4.92. The SMILES string of the molecule is C#C[C@H]1OC(OC(C)=O)[C@H](OC(C)=O)[C@@H](OC(C)=O)[C@H]1OC(C)=O. The molecule has 1 heterocycles. The molecule has 0 amide bonds. The van der Waals surface area contributed by atoms with Crippen LogP contribution in [-0.2, 0) is 42.9 Å². The molecule has 0 aromatic heterocycles. The van der Waals surface area contributed by atoms with Crippen LogP contribution >= 0.6 is 0 Å². The summed E-state index contributed by atoms with van der Waals surface area (Å²) in [5.41, 5.74) is 0. The van der Waals surface area contributed by atoms with E-state index < -0.39 is 54.6 Å². The molecule has 1 aliphatic heterocycles. The topological polar surface area (TPSA) is 114 Å². The second-order valence-electron chi connectivity index (χ2n) is 4.92. The fourth-order valence-electron chi connectivity index (χ4n) is 2.17. The summed E-state index contributed by atoms with van der Waals surface area (Å²) in [6, 6.07) is 0. The molecule has 132 valence electrons. The Bertz CT molecular complexity index is 562. The molecule has 1 rings (SSSR count). The number of rotatable bonds is 4. The summed E-state index contributed by atoms with van der Waals surface area (Å²) in [6.07, 6.45) is -1.18. The largest absolute Gasteiger partial charge is 0.455 e.